The number of aromatic carboxylic acids is 1. The lowest BCUT2D eigenvalue weighted by Crippen LogP contribution is -2.10. The molecule has 0 aliphatic heterocycles. The molecule has 124 valence electrons. The number of hydrogen-bond acceptors (Lipinski definition) is 7. The van der Waals surface area contributed by atoms with Gasteiger partial charge in [-0.1, -0.05) is 0 Å². The highest BCUT2D eigenvalue weighted by molar-refractivity contribution is 6.02. The average Bonchev–Trinajstić information content (AvgIpc) is 2.53. The number of hydrogen-bond donors (Lipinski definition) is 2. The van der Waals surface area contributed by atoms with Crippen molar-refractivity contribution in [2.24, 2.45) is 0 Å². The maximum absolute atomic E-state index is 11.7. The molecule has 0 aromatic heterocycles. The van der Waals surface area contributed by atoms with Crippen molar-refractivity contribution in [3.63, 3.8) is 0 Å². The molecule has 0 radical (unpaired) electrons. The molecule has 0 unspecified atom stereocenters. The predicted molar refractivity (Wildman–Crippen MR) is 79.6 cm³/mol. The number of benzene rings is 2. The molecule has 0 aliphatic carbocycles. The van der Waals surface area contributed by atoms with Crippen molar-refractivity contribution in [1.82, 2.24) is 0 Å². The van der Waals surface area contributed by atoms with Crippen LogP contribution in [0.15, 0.2) is 36.4 Å². The lowest BCUT2D eigenvalue weighted by atomic mass is 10.1. The summed E-state index contributed by atoms with van der Waals surface area (Å²) in [6.07, 6.45) is 0. The number of nitro groups is 1. The van der Waals surface area contributed by atoms with Gasteiger partial charge < -0.3 is 19.7 Å². The van der Waals surface area contributed by atoms with E-state index in [1.165, 1.54) is 12.1 Å². The zero-order valence-electron chi connectivity index (χ0n) is 12.3. The van der Waals surface area contributed by atoms with Crippen LogP contribution in [-0.4, -0.2) is 34.2 Å². The van der Waals surface area contributed by atoms with E-state index in [0.29, 0.717) is 0 Å². The van der Waals surface area contributed by atoms with Crippen LogP contribution in [0.2, 0.25) is 0 Å². The van der Waals surface area contributed by atoms with E-state index in [-0.39, 0.29) is 22.6 Å². The van der Waals surface area contributed by atoms with Gasteiger partial charge in [-0.3, -0.25) is 10.1 Å². The van der Waals surface area contributed by atoms with Gasteiger partial charge in [-0.15, -0.1) is 0 Å². The highest BCUT2D eigenvalue weighted by Gasteiger charge is 2.19. The minimum atomic E-state index is -1.31. The highest BCUT2D eigenvalue weighted by Crippen LogP contribution is 2.32. The van der Waals surface area contributed by atoms with Gasteiger partial charge in [-0.2, -0.15) is 0 Å². The Labute approximate surface area is 134 Å². The van der Waals surface area contributed by atoms with E-state index in [2.05, 4.69) is 4.74 Å². The van der Waals surface area contributed by atoms with Crippen LogP contribution in [0.5, 0.6) is 17.2 Å². The molecule has 2 rings (SSSR count). The van der Waals surface area contributed by atoms with E-state index < -0.39 is 28.3 Å². The lowest BCUT2D eigenvalue weighted by molar-refractivity contribution is -0.385. The summed E-state index contributed by atoms with van der Waals surface area (Å²) in [4.78, 5) is 32.7. The summed E-state index contributed by atoms with van der Waals surface area (Å²) in [5, 5.41) is 29.3. The number of phenolic OH excluding ortho intramolecular Hbond substituents is 1. The molecule has 2 N–H and O–H groups in total. The van der Waals surface area contributed by atoms with Gasteiger partial charge in [0.25, 0.3) is 0 Å². The Balaban J connectivity index is 2.37. The molecule has 0 fully saturated rings. The van der Waals surface area contributed by atoms with E-state index in [9.17, 15) is 24.8 Å². The number of nitro benzene ring substituents is 1. The first kappa shape index (κ1) is 16.7. The van der Waals surface area contributed by atoms with Crippen LogP contribution in [-0.2, 0) is 4.74 Å². The Morgan fingerprint density at radius 1 is 1.08 bits per heavy atom. The summed E-state index contributed by atoms with van der Waals surface area (Å²) in [5.74, 6) is -2.60. The number of carboxylic acids is 1. The zero-order valence-corrected chi connectivity index (χ0v) is 12.3. The van der Waals surface area contributed by atoms with E-state index in [0.717, 1.165) is 31.4 Å². The van der Waals surface area contributed by atoms with Crippen molar-refractivity contribution < 1.29 is 34.2 Å². The quantitative estimate of drug-likeness (QED) is 0.484. The van der Waals surface area contributed by atoms with Crippen molar-refractivity contribution in [3.05, 3.63) is 57.6 Å². The zero-order chi connectivity index (χ0) is 17.9. The summed E-state index contributed by atoms with van der Waals surface area (Å²) >= 11 is 0. The topological polar surface area (TPSA) is 136 Å². The number of aromatic hydroxyl groups is 1. The molecule has 0 spiro atoms. The number of phenols is 1. The molecular formula is C15H11NO8. The predicted octanol–water partition coefficient (Wildman–Crippen LogP) is 2.58. The minimum absolute atomic E-state index is 0.0667. The molecule has 0 atom stereocenters. The number of methoxy groups -OCH3 is 1. The molecule has 0 aliphatic rings. The standard InChI is InChI=1S/C15H11NO8/c1-23-15(20)11-6-8(2-4-10(11)14(18)19)24-9-3-5-12(16(21)22)13(17)7-9/h2-7,17H,1H3,(H,18,19). The van der Waals surface area contributed by atoms with Crippen molar-refractivity contribution in [2.45, 2.75) is 0 Å². The average molecular weight is 333 g/mol. The maximum atomic E-state index is 11.7. The first-order chi connectivity index (χ1) is 11.3. The third kappa shape index (κ3) is 3.40. The van der Waals surface area contributed by atoms with Crippen molar-refractivity contribution >= 4 is 17.6 Å². The molecular weight excluding hydrogens is 322 g/mol. The number of ether oxygens (including phenoxy) is 2. The molecule has 0 amide bonds. The molecule has 24 heavy (non-hydrogen) atoms. The smallest absolute Gasteiger partial charge is 0.338 e. The van der Waals surface area contributed by atoms with E-state index in [1.54, 1.807) is 0 Å². The van der Waals surface area contributed by atoms with E-state index in [1.807, 2.05) is 0 Å². The highest BCUT2D eigenvalue weighted by atomic mass is 16.6. The normalized spacial score (nSPS) is 10.0. The van der Waals surface area contributed by atoms with Gasteiger partial charge in [0, 0.05) is 12.1 Å². The van der Waals surface area contributed by atoms with Crippen LogP contribution in [0.25, 0.3) is 0 Å². The summed E-state index contributed by atoms with van der Waals surface area (Å²) in [7, 11) is 1.11. The Morgan fingerprint density at radius 2 is 1.71 bits per heavy atom. The number of carboxylic acid groups (broad SMARTS) is 1. The SMILES string of the molecule is COC(=O)c1cc(Oc2ccc([N+](=O)[O-])c(O)c2)ccc1C(=O)O. The minimum Gasteiger partial charge on any atom is -0.502 e. The van der Waals surface area contributed by atoms with Gasteiger partial charge in [0.05, 0.1) is 23.2 Å². The van der Waals surface area contributed by atoms with Crippen molar-refractivity contribution in [3.8, 4) is 17.2 Å². The fourth-order valence-electron chi connectivity index (χ4n) is 1.91. The molecule has 2 aromatic carbocycles. The van der Waals surface area contributed by atoms with E-state index in [4.69, 9.17) is 9.84 Å². The number of carbonyl (C=O) groups is 2. The summed E-state index contributed by atoms with van der Waals surface area (Å²) in [6, 6.07) is 6.95. The van der Waals surface area contributed by atoms with Crippen LogP contribution in [0, 0.1) is 10.1 Å². The summed E-state index contributed by atoms with van der Waals surface area (Å²) in [5.41, 5.74) is -0.965. The third-order valence-electron chi connectivity index (χ3n) is 3.01. The number of nitrogens with zero attached hydrogens (tertiary/aromatic N) is 1. The second-order valence-corrected chi connectivity index (χ2v) is 4.51. The van der Waals surface area contributed by atoms with Gasteiger partial charge in [0.1, 0.15) is 11.5 Å². The van der Waals surface area contributed by atoms with Gasteiger partial charge in [0.15, 0.2) is 5.75 Å². The van der Waals surface area contributed by atoms with Crippen LogP contribution < -0.4 is 4.74 Å². The van der Waals surface area contributed by atoms with Gasteiger partial charge in [-0.05, 0) is 24.3 Å². The fourth-order valence-corrected chi connectivity index (χ4v) is 1.91. The Hall–Kier alpha value is -3.62. The number of esters is 1. The van der Waals surface area contributed by atoms with Gasteiger partial charge >= 0.3 is 17.6 Å². The second kappa shape index (κ2) is 6.65. The second-order valence-electron chi connectivity index (χ2n) is 4.51. The van der Waals surface area contributed by atoms with E-state index >= 15 is 0 Å². The first-order valence-electron chi connectivity index (χ1n) is 6.44. The van der Waals surface area contributed by atoms with Crippen molar-refractivity contribution in [1.29, 1.82) is 0 Å². The molecule has 0 bridgehead atoms. The first-order valence-corrected chi connectivity index (χ1v) is 6.44. The number of carbonyl (C=O) groups excluding carboxylic acids is 1. The van der Waals surface area contributed by atoms with Crippen LogP contribution in [0.4, 0.5) is 5.69 Å². The van der Waals surface area contributed by atoms with Gasteiger partial charge in [-0.25, -0.2) is 9.59 Å². The molecule has 0 saturated heterocycles. The van der Waals surface area contributed by atoms with Crippen LogP contribution >= 0.6 is 0 Å². The molecule has 2 aromatic rings. The maximum Gasteiger partial charge on any atom is 0.338 e. The fraction of sp³-hybridized carbons (Fsp3) is 0.0667. The molecule has 9 nitrogen and oxygen atoms in total. The summed E-state index contributed by atoms with van der Waals surface area (Å²) in [6.45, 7) is 0. The Morgan fingerprint density at radius 3 is 2.25 bits per heavy atom. The lowest BCUT2D eigenvalue weighted by Gasteiger charge is -2.09. The Kier molecular flexibility index (Phi) is 4.64. The molecule has 0 heterocycles. The van der Waals surface area contributed by atoms with Crippen LogP contribution in [0.1, 0.15) is 20.7 Å². The van der Waals surface area contributed by atoms with Crippen molar-refractivity contribution in [2.75, 3.05) is 7.11 Å². The third-order valence-corrected chi connectivity index (χ3v) is 3.01. The summed E-state index contributed by atoms with van der Waals surface area (Å²) < 4.78 is 9.90. The monoisotopic (exact) mass is 333 g/mol. The largest absolute Gasteiger partial charge is 0.502 e. The molecule has 9 heteroatoms. The number of rotatable bonds is 5. The van der Waals surface area contributed by atoms with Gasteiger partial charge in [0.2, 0.25) is 0 Å². The molecule has 0 saturated carbocycles. The van der Waals surface area contributed by atoms with Crippen LogP contribution in [0.3, 0.4) is 0 Å². The Bertz CT molecular complexity index is 830.